The van der Waals surface area contributed by atoms with Gasteiger partial charge in [0.05, 0.1) is 0 Å². The van der Waals surface area contributed by atoms with Gasteiger partial charge < -0.3 is 19.9 Å². The van der Waals surface area contributed by atoms with Crippen LogP contribution in [0.4, 0.5) is 21.1 Å². The first-order valence-electron chi connectivity index (χ1n) is 14.2. The number of carbonyl (C=O) groups excluding carboxylic acids is 2. The standard InChI is InChI=1S/C30H39N7O3/c1-30(2,3)40-29(39)37-18-16-36(17-19-37)24-13-10-21(11-14-24)26-31-20-22-12-15-25(33-27(22)34-26)35(4)28(38)32-23-8-6-5-7-9-23/h10-15,20,23H,5-9,16-19H2,1-4H3,(H,32,38). The van der Waals surface area contributed by atoms with Gasteiger partial charge >= 0.3 is 12.1 Å². The Balaban J connectivity index is 1.24. The third kappa shape index (κ3) is 6.60. The molecule has 40 heavy (non-hydrogen) atoms. The topological polar surface area (TPSA) is 104 Å². The van der Waals surface area contributed by atoms with E-state index < -0.39 is 5.60 Å². The van der Waals surface area contributed by atoms with Crippen molar-refractivity contribution < 1.29 is 14.3 Å². The van der Waals surface area contributed by atoms with Crippen LogP contribution < -0.4 is 15.1 Å². The molecule has 5 rings (SSSR count). The number of pyridine rings is 1. The zero-order valence-corrected chi connectivity index (χ0v) is 23.9. The molecule has 1 N–H and O–H groups in total. The number of amides is 3. The molecule has 2 aromatic heterocycles. The molecule has 2 fully saturated rings. The fraction of sp³-hybridized carbons (Fsp3) is 0.500. The maximum atomic E-state index is 12.8. The molecule has 1 aliphatic heterocycles. The SMILES string of the molecule is CN(C(=O)NC1CCCCC1)c1ccc2cnc(-c3ccc(N4CCN(C(=O)OC(C)(C)C)CC4)cc3)nc2n1. The second kappa shape index (κ2) is 11.7. The van der Waals surface area contributed by atoms with Crippen LogP contribution in [0.1, 0.15) is 52.9 Å². The quantitative estimate of drug-likeness (QED) is 0.479. The highest BCUT2D eigenvalue weighted by Gasteiger charge is 2.26. The molecule has 1 saturated carbocycles. The van der Waals surface area contributed by atoms with Crippen molar-refractivity contribution in [3.8, 4) is 11.4 Å². The molecule has 212 valence electrons. The number of fused-ring (bicyclic) bond motifs is 1. The monoisotopic (exact) mass is 545 g/mol. The average molecular weight is 546 g/mol. The molecule has 2 aliphatic rings. The minimum Gasteiger partial charge on any atom is -0.444 e. The number of ether oxygens (including phenoxy) is 1. The molecule has 1 saturated heterocycles. The highest BCUT2D eigenvalue weighted by Crippen LogP contribution is 2.25. The number of urea groups is 1. The summed E-state index contributed by atoms with van der Waals surface area (Å²) in [6.45, 7) is 8.35. The largest absolute Gasteiger partial charge is 0.444 e. The number of rotatable bonds is 4. The Morgan fingerprint density at radius 2 is 1.65 bits per heavy atom. The molecular formula is C30H39N7O3. The lowest BCUT2D eigenvalue weighted by atomic mass is 9.96. The van der Waals surface area contributed by atoms with Crippen LogP contribution in [0.3, 0.4) is 0 Å². The Morgan fingerprint density at radius 3 is 2.33 bits per heavy atom. The van der Waals surface area contributed by atoms with Crippen molar-refractivity contribution in [1.29, 1.82) is 0 Å². The third-order valence-corrected chi connectivity index (χ3v) is 7.43. The summed E-state index contributed by atoms with van der Waals surface area (Å²) in [5, 5.41) is 3.95. The van der Waals surface area contributed by atoms with Crippen LogP contribution in [-0.4, -0.2) is 76.8 Å². The number of carbonyl (C=O) groups is 2. The molecule has 0 bridgehead atoms. The summed E-state index contributed by atoms with van der Waals surface area (Å²) in [5.41, 5.74) is 2.01. The molecule has 1 aromatic carbocycles. The molecule has 3 heterocycles. The summed E-state index contributed by atoms with van der Waals surface area (Å²) in [6.07, 6.45) is 7.13. The van der Waals surface area contributed by atoms with E-state index in [0.29, 0.717) is 30.4 Å². The molecule has 1 aliphatic carbocycles. The van der Waals surface area contributed by atoms with Crippen LogP contribution in [0.5, 0.6) is 0 Å². The van der Waals surface area contributed by atoms with Crippen LogP contribution >= 0.6 is 0 Å². The highest BCUT2D eigenvalue weighted by atomic mass is 16.6. The maximum absolute atomic E-state index is 12.8. The zero-order valence-electron chi connectivity index (χ0n) is 23.9. The first-order chi connectivity index (χ1) is 19.2. The average Bonchev–Trinajstić information content (AvgIpc) is 2.96. The molecule has 0 radical (unpaired) electrons. The highest BCUT2D eigenvalue weighted by molar-refractivity contribution is 5.92. The molecule has 10 heteroatoms. The molecule has 0 atom stereocenters. The normalized spacial score (nSPS) is 16.6. The van der Waals surface area contributed by atoms with Gasteiger partial charge in [-0.15, -0.1) is 0 Å². The molecule has 0 unspecified atom stereocenters. The third-order valence-electron chi connectivity index (χ3n) is 7.43. The van der Waals surface area contributed by atoms with Crippen molar-refractivity contribution in [2.45, 2.75) is 64.5 Å². The fourth-order valence-corrected chi connectivity index (χ4v) is 5.14. The van der Waals surface area contributed by atoms with Crippen molar-refractivity contribution >= 4 is 34.7 Å². The Labute approximate surface area is 235 Å². The lowest BCUT2D eigenvalue weighted by Crippen LogP contribution is -2.50. The summed E-state index contributed by atoms with van der Waals surface area (Å²) in [4.78, 5) is 44.7. The summed E-state index contributed by atoms with van der Waals surface area (Å²) in [6, 6.07) is 11.9. The van der Waals surface area contributed by atoms with Gasteiger partial charge in [-0.3, -0.25) is 4.90 Å². The van der Waals surface area contributed by atoms with Crippen LogP contribution in [0.2, 0.25) is 0 Å². The van der Waals surface area contributed by atoms with Gasteiger partial charge in [0.25, 0.3) is 0 Å². The Morgan fingerprint density at radius 1 is 0.950 bits per heavy atom. The minimum absolute atomic E-state index is 0.143. The second-order valence-corrected chi connectivity index (χ2v) is 11.6. The fourth-order valence-electron chi connectivity index (χ4n) is 5.14. The van der Waals surface area contributed by atoms with Crippen LogP contribution in [-0.2, 0) is 4.74 Å². The zero-order chi connectivity index (χ0) is 28.3. The van der Waals surface area contributed by atoms with Crippen molar-refractivity contribution in [3.05, 3.63) is 42.6 Å². The Kier molecular flexibility index (Phi) is 8.04. The van der Waals surface area contributed by atoms with Gasteiger partial charge in [0.15, 0.2) is 11.5 Å². The molecule has 3 amide bonds. The summed E-state index contributed by atoms with van der Waals surface area (Å²) < 4.78 is 5.50. The van der Waals surface area contributed by atoms with Gasteiger partial charge in [0.1, 0.15) is 11.4 Å². The summed E-state index contributed by atoms with van der Waals surface area (Å²) >= 11 is 0. The first kappa shape index (κ1) is 27.6. The number of nitrogens with one attached hydrogen (secondary N) is 1. The van der Waals surface area contributed by atoms with E-state index in [-0.39, 0.29) is 18.2 Å². The molecule has 0 spiro atoms. The van der Waals surface area contributed by atoms with Crippen molar-refractivity contribution in [2.75, 3.05) is 43.0 Å². The smallest absolute Gasteiger partial charge is 0.410 e. The predicted molar refractivity (Wildman–Crippen MR) is 157 cm³/mol. The molecule has 10 nitrogen and oxygen atoms in total. The minimum atomic E-state index is -0.495. The van der Waals surface area contributed by atoms with Crippen molar-refractivity contribution in [3.63, 3.8) is 0 Å². The van der Waals surface area contributed by atoms with E-state index in [4.69, 9.17) is 9.72 Å². The number of hydrogen-bond donors (Lipinski definition) is 1. The van der Waals surface area contributed by atoms with Crippen LogP contribution in [0.25, 0.3) is 22.4 Å². The second-order valence-electron chi connectivity index (χ2n) is 11.6. The van der Waals surface area contributed by atoms with E-state index in [1.165, 1.54) is 6.42 Å². The first-order valence-corrected chi connectivity index (χ1v) is 14.2. The van der Waals surface area contributed by atoms with Crippen LogP contribution in [0, 0.1) is 0 Å². The number of nitrogens with zero attached hydrogens (tertiary/aromatic N) is 6. The van der Waals surface area contributed by atoms with Crippen molar-refractivity contribution in [1.82, 2.24) is 25.2 Å². The van der Waals surface area contributed by atoms with E-state index in [1.807, 2.05) is 45.0 Å². The van der Waals surface area contributed by atoms with Gasteiger partial charge in [-0.25, -0.2) is 24.5 Å². The van der Waals surface area contributed by atoms with Gasteiger partial charge in [0.2, 0.25) is 0 Å². The summed E-state index contributed by atoms with van der Waals surface area (Å²) in [5.74, 6) is 1.12. The van der Waals surface area contributed by atoms with E-state index in [0.717, 1.165) is 55.4 Å². The summed E-state index contributed by atoms with van der Waals surface area (Å²) in [7, 11) is 1.74. The van der Waals surface area contributed by atoms with Gasteiger partial charge in [-0.05, 0) is 70.0 Å². The van der Waals surface area contributed by atoms with Crippen molar-refractivity contribution in [2.24, 2.45) is 0 Å². The Hall–Kier alpha value is -3.95. The lowest BCUT2D eigenvalue weighted by Gasteiger charge is -2.36. The number of anilines is 2. The van der Waals surface area contributed by atoms with E-state index in [1.54, 1.807) is 23.0 Å². The number of piperazine rings is 1. The van der Waals surface area contributed by atoms with Gasteiger partial charge in [-0.1, -0.05) is 19.3 Å². The number of hydrogen-bond acceptors (Lipinski definition) is 7. The molecule has 3 aromatic rings. The predicted octanol–water partition coefficient (Wildman–Crippen LogP) is 5.23. The Bertz CT molecular complexity index is 1340. The van der Waals surface area contributed by atoms with E-state index >= 15 is 0 Å². The van der Waals surface area contributed by atoms with Crippen LogP contribution in [0.15, 0.2) is 42.6 Å². The maximum Gasteiger partial charge on any atom is 0.410 e. The van der Waals surface area contributed by atoms with Gasteiger partial charge in [-0.2, -0.15) is 0 Å². The number of aromatic nitrogens is 3. The molecular weight excluding hydrogens is 506 g/mol. The van der Waals surface area contributed by atoms with Gasteiger partial charge in [0, 0.05) is 62.1 Å². The van der Waals surface area contributed by atoms with E-state index in [9.17, 15) is 9.59 Å². The van der Waals surface area contributed by atoms with E-state index in [2.05, 4.69) is 32.3 Å². The number of benzene rings is 1. The lowest BCUT2D eigenvalue weighted by molar-refractivity contribution is 0.0240.